The first-order valence-corrected chi connectivity index (χ1v) is 8.26. The Balaban J connectivity index is 1.50. The monoisotopic (exact) mass is 347 g/mol. The molecule has 0 radical (unpaired) electrons. The van der Waals surface area contributed by atoms with Crippen molar-refractivity contribution in [1.29, 1.82) is 0 Å². The summed E-state index contributed by atoms with van der Waals surface area (Å²) in [5, 5.41) is 6.95. The summed E-state index contributed by atoms with van der Waals surface area (Å²) in [4.78, 5) is 26.5. The highest BCUT2D eigenvalue weighted by Crippen LogP contribution is 2.22. The Morgan fingerprint density at radius 3 is 2.77 bits per heavy atom. The third kappa shape index (κ3) is 3.06. The van der Waals surface area contributed by atoms with Crippen LogP contribution in [-0.4, -0.2) is 32.3 Å². The van der Waals surface area contributed by atoms with E-state index < -0.39 is 6.10 Å². The summed E-state index contributed by atoms with van der Waals surface area (Å²) >= 11 is 0. The molecule has 1 amide bonds. The van der Waals surface area contributed by atoms with Crippen LogP contribution in [-0.2, 0) is 9.63 Å². The smallest absolute Gasteiger partial charge is 0.268 e. The van der Waals surface area contributed by atoms with E-state index in [9.17, 15) is 4.79 Å². The van der Waals surface area contributed by atoms with Crippen molar-refractivity contribution < 1.29 is 9.63 Å². The molecular formula is C19H17N5O2. The standard InChI is InChI=1S/C19H17N5O2/c1-13-20-10-11-24(13)18-15(8-5-9-21-18)22-19(25)17-12-16(23-26-17)14-6-3-2-4-7-14/h2-11,17H,12H2,1H3,(H,22,25)/t17-/m0/s1. The second-order valence-corrected chi connectivity index (χ2v) is 5.91. The van der Waals surface area contributed by atoms with E-state index in [4.69, 9.17) is 4.84 Å². The molecule has 0 fully saturated rings. The lowest BCUT2D eigenvalue weighted by molar-refractivity contribution is -0.125. The number of benzene rings is 1. The van der Waals surface area contributed by atoms with E-state index >= 15 is 0 Å². The van der Waals surface area contributed by atoms with Gasteiger partial charge in [0.25, 0.3) is 5.91 Å². The summed E-state index contributed by atoms with van der Waals surface area (Å²) in [5.41, 5.74) is 2.32. The number of nitrogens with zero attached hydrogens (tertiary/aromatic N) is 4. The van der Waals surface area contributed by atoms with E-state index in [0.717, 1.165) is 17.1 Å². The minimum atomic E-state index is -0.665. The van der Waals surface area contributed by atoms with Gasteiger partial charge in [0, 0.05) is 25.0 Å². The number of aryl methyl sites for hydroxylation is 1. The molecule has 1 aromatic carbocycles. The zero-order valence-corrected chi connectivity index (χ0v) is 14.2. The van der Waals surface area contributed by atoms with Crippen molar-refractivity contribution >= 4 is 17.3 Å². The van der Waals surface area contributed by atoms with Crippen molar-refractivity contribution in [3.63, 3.8) is 0 Å². The van der Waals surface area contributed by atoms with Crippen molar-refractivity contribution in [3.05, 3.63) is 72.4 Å². The van der Waals surface area contributed by atoms with Gasteiger partial charge in [-0.3, -0.25) is 9.36 Å². The third-order valence-corrected chi connectivity index (χ3v) is 4.17. The van der Waals surface area contributed by atoms with Gasteiger partial charge in [-0.1, -0.05) is 35.5 Å². The molecule has 0 bridgehead atoms. The molecule has 1 aliphatic heterocycles. The molecule has 1 aliphatic rings. The maximum Gasteiger partial charge on any atom is 0.268 e. The van der Waals surface area contributed by atoms with Gasteiger partial charge in [0.15, 0.2) is 5.82 Å². The Labute approximate surface area is 150 Å². The van der Waals surface area contributed by atoms with Gasteiger partial charge in [0.2, 0.25) is 6.10 Å². The highest BCUT2D eigenvalue weighted by molar-refractivity contribution is 6.06. The van der Waals surface area contributed by atoms with Gasteiger partial charge in [-0.15, -0.1) is 0 Å². The van der Waals surface area contributed by atoms with E-state index in [-0.39, 0.29) is 5.91 Å². The predicted molar refractivity (Wildman–Crippen MR) is 97.2 cm³/mol. The predicted octanol–water partition coefficient (Wildman–Crippen LogP) is 2.71. The Hall–Kier alpha value is -3.48. The van der Waals surface area contributed by atoms with E-state index in [1.165, 1.54) is 0 Å². The normalized spacial score (nSPS) is 16.0. The van der Waals surface area contributed by atoms with Crippen molar-refractivity contribution in [3.8, 4) is 5.82 Å². The molecule has 7 heteroatoms. The van der Waals surface area contributed by atoms with Crippen molar-refractivity contribution in [2.75, 3.05) is 5.32 Å². The summed E-state index contributed by atoms with van der Waals surface area (Å²) in [6, 6.07) is 13.3. The Morgan fingerprint density at radius 2 is 2.00 bits per heavy atom. The number of rotatable bonds is 4. The summed E-state index contributed by atoms with van der Waals surface area (Å²) in [6.45, 7) is 1.88. The fourth-order valence-corrected chi connectivity index (χ4v) is 2.82. The first-order chi connectivity index (χ1) is 12.7. The quantitative estimate of drug-likeness (QED) is 0.787. The molecule has 1 N–H and O–H groups in total. The number of carbonyl (C=O) groups is 1. The van der Waals surface area contributed by atoms with Crippen LogP contribution in [0.15, 0.2) is 66.2 Å². The van der Waals surface area contributed by atoms with Gasteiger partial charge in [0.05, 0.1) is 11.4 Å². The van der Waals surface area contributed by atoms with Gasteiger partial charge in [0.1, 0.15) is 5.82 Å². The lowest BCUT2D eigenvalue weighted by atomic mass is 10.0. The number of anilines is 1. The van der Waals surface area contributed by atoms with Crippen LogP contribution < -0.4 is 5.32 Å². The first-order valence-electron chi connectivity index (χ1n) is 8.26. The van der Waals surface area contributed by atoms with Crippen LogP contribution in [0.4, 0.5) is 5.69 Å². The largest absolute Gasteiger partial charge is 0.382 e. The highest BCUT2D eigenvalue weighted by Gasteiger charge is 2.29. The number of aromatic nitrogens is 3. The number of imidazole rings is 1. The van der Waals surface area contributed by atoms with Gasteiger partial charge in [-0.25, -0.2) is 9.97 Å². The number of nitrogens with one attached hydrogen (secondary N) is 1. The van der Waals surface area contributed by atoms with Crippen molar-refractivity contribution in [1.82, 2.24) is 14.5 Å². The number of pyridine rings is 1. The van der Waals surface area contributed by atoms with Gasteiger partial charge < -0.3 is 10.2 Å². The highest BCUT2D eigenvalue weighted by atomic mass is 16.6. The molecule has 4 rings (SSSR count). The molecule has 0 aliphatic carbocycles. The van der Waals surface area contributed by atoms with Gasteiger partial charge >= 0.3 is 0 Å². The molecule has 2 aromatic heterocycles. The van der Waals surface area contributed by atoms with Crippen LogP contribution in [0.25, 0.3) is 5.82 Å². The SMILES string of the molecule is Cc1nccn1-c1ncccc1NC(=O)[C@@H]1CC(c2ccccc2)=NO1. The minimum absolute atomic E-state index is 0.258. The average Bonchev–Trinajstić information content (AvgIpc) is 3.32. The molecule has 0 saturated carbocycles. The number of hydrogen-bond acceptors (Lipinski definition) is 5. The zero-order chi connectivity index (χ0) is 17.9. The summed E-state index contributed by atoms with van der Waals surface area (Å²) in [6.07, 6.45) is 4.93. The van der Waals surface area contributed by atoms with Crippen LogP contribution in [0.2, 0.25) is 0 Å². The molecule has 0 saturated heterocycles. The molecular weight excluding hydrogens is 330 g/mol. The summed E-state index contributed by atoms with van der Waals surface area (Å²) in [5.74, 6) is 1.13. The fraction of sp³-hybridized carbons (Fsp3) is 0.158. The Kier molecular flexibility index (Phi) is 4.18. The van der Waals surface area contributed by atoms with E-state index in [1.54, 1.807) is 30.7 Å². The summed E-state index contributed by atoms with van der Waals surface area (Å²) < 4.78 is 1.82. The molecule has 3 heterocycles. The number of hydrogen-bond donors (Lipinski definition) is 1. The van der Waals surface area contributed by atoms with Crippen LogP contribution >= 0.6 is 0 Å². The van der Waals surface area contributed by atoms with E-state index in [2.05, 4.69) is 20.4 Å². The topological polar surface area (TPSA) is 81.4 Å². The molecule has 26 heavy (non-hydrogen) atoms. The van der Waals surface area contributed by atoms with E-state index in [1.807, 2.05) is 41.8 Å². The maximum atomic E-state index is 12.6. The molecule has 0 spiro atoms. The lowest BCUT2D eigenvalue weighted by Gasteiger charge is -2.13. The van der Waals surface area contributed by atoms with Gasteiger partial charge in [-0.2, -0.15) is 0 Å². The zero-order valence-electron chi connectivity index (χ0n) is 14.2. The molecule has 1 atom stereocenters. The summed E-state index contributed by atoms with van der Waals surface area (Å²) in [7, 11) is 0. The van der Waals surface area contributed by atoms with Crippen molar-refractivity contribution in [2.45, 2.75) is 19.4 Å². The van der Waals surface area contributed by atoms with Crippen molar-refractivity contribution in [2.24, 2.45) is 5.16 Å². The second kappa shape index (κ2) is 6.79. The molecule has 130 valence electrons. The number of amides is 1. The van der Waals surface area contributed by atoms with Crippen LogP contribution in [0, 0.1) is 6.92 Å². The first kappa shape index (κ1) is 16.0. The van der Waals surface area contributed by atoms with E-state index in [0.29, 0.717) is 17.9 Å². The van der Waals surface area contributed by atoms with Crippen LogP contribution in [0.1, 0.15) is 17.8 Å². The second-order valence-electron chi connectivity index (χ2n) is 5.91. The third-order valence-electron chi connectivity index (χ3n) is 4.17. The van der Waals surface area contributed by atoms with Crippen LogP contribution in [0.5, 0.6) is 0 Å². The maximum absolute atomic E-state index is 12.6. The molecule has 3 aromatic rings. The molecule has 0 unspecified atom stereocenters. The Bertz CT molecular complexity index is 965. The Morgan fingerprint density at radius 1 is 1.15 bits per heavy atom. The average molecular weight is 347 g/mol. The fourth-order valence-electron chi connectivity index (χ4n) is 2.82. The lowest BCUT2D eigenvalue weighted by Crippen LogP contribution is -2.28. The van der Waals surface area contributed by atoms with Gasteiger partial charge in [-0.05, 0) is 24.6 Å². The van der Waals surface area contributed by atoms with Crippen LogP contribution in [0.3, 0.4) is 0 Å². The number of carbonyl (C=O) groups excluding carboxylic acids is 1. The molecule has 7 nitrogen and oxygen atoms in total. The number of oxime groups is 1. The minimum Gasteiger partial charge on any atom is -0.382 e.